The van der Waals surface area contributed by atoms with E-state index in [9.17, 15) is 10.1 Å². The van der Waals surface area contributed by atoms with Crippen molar-refractivity contribution in [3.63, 3.8) is 0 Å². The molecule has 6 nitrogen and oxygen atoms in total. The van der Waals surface area contributed by atoms with Crippen LogP contribution in [0.4, 0.5) is 11.4 Å². The van der Waals surface area contributed by atoms with Crippen molar-refractivity contribution in [1.29, 1.82) is 0 Å². The number of nitrogens with zero attached hydrogens (tertiary/aromatic N) is 2. The molecule has 0 N–H and O–H groups in total. The fourth-order valence-corrected chi connectivity index (χ4v) is 2.61. The quantitative estimate of drug-likeness (QED) is 0.618. The summed E-state index contributed by atoms with van der Waals surface area (Å²) in [5, 5.41) is 11.2. The van der Waals surface area contributed by atoms with Crippen molar-refractivity contribution >= 4 is 11.4 Å². The molecule has 0 atom stereocenters. The Bertz CT molecular complexity index is 480. The minimum Gasteiger partial charge on any atom is -0.366 e. The molecule has 2 aliphatic rings. The lowest BCUT2D eigenvalue weighted by Crippen LogP contribution is -2.19. The maximum absolute atomic E-state index is 11.2. The normalized spacial score (nSPS) is 20.1. The maximum Gasteiger partial charge on any atom is 0.292 e. The molecule has 1 aromatic carbocycles. The zero-order valence-electron chi connectivity index (χ0n) is 10.6. The Morgan fingerprint density at radius 3 is 2.53 bits per heavy atom. The zero-order valence-corrected chi connectivity index (χ0v) is 10.6. The summed E-state index contributed by atoms with van der Waals surface area (Å²) in [4.78, 5) is 13.0. The highest BCUT2D eigenvalue weighted by Crippen LogP contribution is 2.34. The highest BCUT2D eigenvalue weighted by Gasteiger charge is 2.26. The van der Waals surface area contributed by atoms with Gasteiger partial charge in [-0.15, -0.1) is 0 Å². The SMILES string of the molecule is O=[N+]([O-])c1cc(C2OCCO2)ccc1N1CCCC1. The first-order valence-corrected chi connectivity index (χ1v) is 6.52. The van der Waals surface area contributed by atoms with Gasteiger partial charge in [-0.2, -0.15) is 0 Å². The first kappa shape index (κ1) is 12.4. The van der Waals surface area contributed by atoms with Crippen molar-refractivity contribution in [3.05, 3.63) is 33.9 Å². The van der Waals surface area contributed by atoms with E-state index >= 15 is 0 Å². The molecule has 2 aliphatic heterocycles. The van der Waals surface area contributed by atoms with Crippen LogP contribution >= 0.6 is 0 Å². The molecule has 1 aromatic rings. The predicted molar refractivity (Wildman–Crippen MR) is 69.2 cm³/mol. The second kappa shape index (κ2) is 5.14. The average Bonchev–Trinajstić information content (AvgIpc) is 3.11. The molecule has 0 radical (unpaired) electrons. The third-order valence-electron chi connectivity index (χ3n) is 3.54. The van der Waals surface area contributed by atoms with Crippen molar-refractivity contribution in [2.75, 3.05) is 31.2 Å². The summed E-state index contributed by atoms with van der Waals surface area (Å²) in [6.45, 7) is 2.84. The van der Waals surface area contributed by atoms with E-state index in [2.05, 4.69) is 4.90 Å². The van der Waals surface area contributed by atoms with Gasteiger partial charge < -0.3 is 14.4 Å². The number of nitro benzene ring substituents is 1. The first-order valence-electron chi connectivity index (χ1n) is 6.52. The van der Waals surface area contributed by atoms with Crippen LogP contribution in [0.25, 0.3) is 0 Å². The molecule has 102 valence electrons. The molecule has 3 rings (SSSR count). The molecule has 6 heteroatoms. The minimum absolute atomic E-state index is 0.138. The van der Waals surface area contributed by atoms with Gasteiger partial charge in [0.25, 0.3) is 5.69 Å². The van der Waals surface area contributed by atoms with Gasteiger partial charge >= 0.3 is 0 Å². The minimum atomic E-state index is -0.466. The van der Waals surface area contributed by atoms with Gasteiger partial charge in [0, 0.05) is 24.7 Å². The fourth-order valence-electron chi connectivity index (χ4n) is 2.61. The summed E-state index contributed by atoms with van der Waals surface area (Å²) in [7, 11) is 0. The van der Waals surface area contributed by atoms with Gasteiger partial charge in [0.15, 0.2) is 6.29 Å². The van der Waals surface area contributed by atoms with Crippen LogP contribution in [0.2, 0.25) is 0 Å². The van der Waals surface area contributed by atoms with E-state index in [0.29, 0.717) is 24.5 Å². The standard InChI is InChI=1S/C13H16N2O4/c16-15(17)12-9-10(13-18-7-8-19-13)3-4-11(12)14-5-1-2-6-14/h3-4,9,13H,1-2,5-8H2. The third kappa shape index (κ3) is 2.41. The monoisotopic (exact) mass is 264 g/mol. The Morgan fingerprint density at radius 1 is 1.21 bits per heavy atom. The van der Waals surface area contributed by atoms with Crippen LogP contribution in [0.1, 0.15) is 24.7 Å². The van der Waals surface area contributed by atoms with E-state index in [1.807, 2.05) is 12.1 Å². The van der Waals surface area contributed by atoms with Crippen LogP contribution < -0.4 is 4.90 Å². The van der Waals surface area contributed by atoms with Crippen LogP contribution in [0.5, 0.6) is 0 Å². The summed E-state index contributed by atoms with van der Waals surface area (Å²) in [6.07, 6.45) is 1.72. The lowest BCUT2D eigenvalue weighted by molar-refractivity contribution is -0.384. The van der Waals surface area contributed by atoms with Crippen LogP contribution in [-0.4, -0.2) is 31.2 Å². The molecule has 19 heavy (non-hydrogen) atoms. The van der Waals surface area contributed by atoms with Gasteiger partial charge in [-0.05, 0) is 18.9 Å². The molecule has 0 bridgehead atoms. The van der Waals surface area contributed by atoms with E-state index in [1.54, 1.807) is 6.07 Å². The lowest BCUT2D eigenvalue weighted by Gasteiger charge is -2.18. The Hall–Kier alpha value is -1.66. The van der Waals surface area contributed by atoms with Gasteiger partial charge in [-0.3, -0.25) is 10.1 Å². The second-order valence-electron chi connectivity index (χ2n) is 4.77. The van der Waals surface area contributed by atoms with Crippen molar-refractivity contribution < 1.29 is 14.4 Å². The van der Waals surface area contributed by atoms with Gasteiger partial charge in [-0.25, -0.2) is 0 Å². The zero-order chi connectivity index (χ0) is 13.2. The molecule has 2 saturated heterocycles. The number of nitro groups is 1. The molecule has 0 amide bonds. The molecule has 2 heterocycles. The van der Waals surface area contributed by atoms with Crippen molar-refractivity contribution in [1.82, 2.24) is 0 Å². The Morgan fingerprint density at radius 2 is 1.89 bits per heavy atom. The van der Waals surface area contributed by atoms with Crippen LogP contribution in [0.15, 0.2) is 18.2 Å². The number of ether oxygens (including phenoxy) is 2. The van der Waals surface area contributed by atoms with E-state index < -0.39 is 6.29 Å². The van der Waals surface area contributed by atoms with Crippen molar-refractivity contribution in [2.24, 2.45) is 0 Å². The highest BCUT2D eigenvalue weighted by atomic mass is 16.7. The first-order chi connectivity index (χ1) is 9.25. The number of anilines is 1. The summed E-state index contributed by atoms with van der Waals surface area (Å²) >= 11 is 0. The summed E-state index contributed by atoms with van der Waals surface area (Å²) in [5.41, 5.74) is 1.55. The molecular formula is C13H16N2O4. The number of hydrogen-bond acceptors (Lipinski definition) is 5. The summed E-state index contributed by atoms with van der Waals surface area (Å²) in [5.74, 6) is 0. The van der Waals surface area contributed by atoms with Gasteiger partial charge in [0.05, 0.1) is 18.1 Å². The van der Waals surface area contributed by atoms with E-state index in [1.165, 1.54) is 0 Å². The molecule has 0 spiro atoms. The molecule has 0 unspecified atom stereocenters. The fraction of sp³-hybridized carbons (Fsp3) is 0.538. The summed E-state index contributed by atoms with van der Waals surface area (Å²) in [6, 6.07) is 5.24. The number of hydrogen-bond donors (Lipinski definition) is 0. The Balaban J connectivity index is 1.93. The average molecular weight is 264 g/mol. The molecule has 0 aromatic heterocycles. The van der Waals surface area contributed by atoms with Crippen molar-refractivity contribution in [3.8, 4) is 0 Å². The van der Waals surface area contributed by atoms with Crippen LogP contribution in [-0.2, 0) is 9.47 Å². The molecule has 2 fully saturated rings. The van der Waals surface area contributed by atoms with Gasteiger partial charge in [-0.1, -0.05) is 6.07 Å². The smallest absolute Gasteiger partial charge is 0.292 e. The third-order valence-corrected chi connectivity index (χ3v) is 3.54. The molecule has 0 aliphatic carbocycles. The Kier molecular flexibility index (Phi) is 3.35. The predicted octanol–water partition coefficient (Wildman–Crippen LogP) is 2.24. The summed E-state index contributed by atoms with van der Waals surface area (Å²) < 4.78 is 10.8. The number of rotatable bonds is 3. The van der Waals surface area contributed by atoms with E-state index in [-0.39, 0.29) is 10.6 Å². The molecule has 0 saturated carbocycles. The largest absolute Gasteiger partial charge is 0.366 e. The van der Waals surface area contributed by atoms with E-state index in [0.717, 1.165) is 25.9 Å². The lowest BCUT2D eigenvalue weighted by atomic mass is 10.1. The highest BCUT2D eigenvalue weighted by molar-refractivity contribution is 5.65. The van der Waals surface area contributed by atoms with Crippen molar-refractivity contribution in [2.45, 2.75) is 19.1 Å². The van der Waals surface area contributed by atoms with E-state index in [4.69, 9.17) is 9.47 Å². The Labute approximate surface area is 111 Å². The second-order valence-corrected chi connectivity index (χ2v) is 4.77. The van der Waals surface area contributed by atoms with Crippen LogP contribution in [0, 0.1) is 10.1 Å². The maximum atomic E-state index is 11.2. The molecular weight excluding hydrogens is 248 g/mol. The van der Waals surface area contributed by atoms with Crippen LogP contribution in [0.3, 0.4) is 0 Å². The van der Waals surface area contributed by atoms with Gasteiger partial charge in [0.1, 0.15) is 5.69 Å². The topological polar surface area (TPSA) is 64.8 Å². The number of benzene rings is 1. The van der Waals surface area contributed by atoms with Gasteiger partial charge in [0.2, 0.25) is 0 Å².